The maximum atomic E-state index is 13.3. The molecule has 0 aliphatic carbocycles. The molecule has 0 unspecified atom stereocenters. The third-order valence-corrected chi connectivity index (χ3v) is 5.95. The number of hydrogen-bond acceptors (Lipinski definition) is 7. The fourth-order valence-electron chi connectivity index (χ4n) is 3.79. The summed E-state index contributed by atoms with van der Waals surface area (Å²) >= 11 is 6.01. The van der Waals surface area contributed by atoms with E-state index in [0.29, 0.717) is 22.2 Å². The van der Waals surface area contributed by atoms with E-state index < -0.39 is 24.4 Å². The number of carbonyl (C=O) groups is 1. The van der Waals surface area contributed by atoms with Gasteiger partial charge in [-0.15, -0.1) is 0 Å². The smallest absolute Gasteiger partial charge is 0.416 e. The number of carbonyl (C=O) groups excluding carboxylic acids is 1. The second-order valence-corrected chi connectivity index (χ2v) is 9.10. The summed E-state index contributed by atoms with van der Waals surface area (Å²) in [7, 11) is 0. The average Bonchev–Trinajstić information content (AvgIpc) is 3.44. The Balaban J connectivity index is 1.26. The average molecular weight is 599 g/mol. The van der Waals surface area contributed by atoms with Gasteiger partial charge < -0.3 is 21.1 Å². The third-order valence-electron chi connectivity index (χ3n) is 5.75. The van der Waals surface area contributed by atoms with Gasteiger partial charge in [-0.05, 0) is 48.0 Å². The largest absolute Gasteiger partial charge is 0.424 e. The number of pyridine rings is 1. The highest BCUT2D eigenvalue weighted by Crippen LogP contribution is 2.34. The normalized spacial score (nSPS) is 11.3. The molecule has 0 atom stereocenters. The van der Waals surface area contributed by atoms with E-state index in [9.17, 15) is 22.4 Å². The number of ether oxygens (including phenoxy) is 1. The van der Waals surface area contributed by atoms with Crippen LogP contribution in [-0.2, 0) is 12.9 Å². The zero-order valence-electron chi connectivity index (χ0n) is 21.2. The van der Waals surface area contributed by atoms with Gasteiger partial charge in [-0.2, -0.15) is 18.3 Å². The third kappa shape index (κ3) is 6.55. The number of nitrogens with zero attached hydrogens (tertiary/aromatic N) is 5. The van der Waals surface area contributed by atoms with Crippen LogP contribution in [0.15, 0.2) is 79.4 Å². The summed E-state index contributed by atoms with van der Waals surface area (Å²) in [6.07, 6.45) is 0.658. The van der Waals surface area contributed by atoms with Crippen molar-refractivity contribution in [1.29, 1.82) is 0 Å². The van der Waals surface area contributed by atoms with Crippen molar-refractivity contribution in [2.45, 2.75) is 12.9 Å². The van der Waals surface area contributed by atoms with Crippen molar-refractivity contribution in [2.24, 2.45) is 0 Å². The number of nitrogens with one attached hydrogen (secondary N) is 2. The van der Waals surface area contributed by atoms with Gasteiger partial charge in [-0.3, -0.25) is 0 Å². The van der Waals surface area contributed by atoms with Gasteiger partial charge in [0.05, 0.1) is 45.7 Å². The minimum absolute atomic E-state index is 0.0276. The van der Waals surface area contributed by atoms with E-state index in [0.717, 1.165) is 28.4 Å². The van der Waals surface area contributed by atoms with Crippen LogP contribution in [0, 0.1) is 0 Å². The zero-order chi connectivity index (χ0) is 29.9. The Bertz CT molecular complexity index is 1730. The minimum atomic E-state index is -4.66. The van der Waals surface area contributed by atoms with Crippen LogP contribution < -0.4 is 21.1 Å². The van der Waals surface area contributed by atoms with Crippen LogP contribution in [0.5, 0.6) is 11.8 Å². The number of urea groups is 1. The van der Waals surface area contributed by atoms with Crippen LogP contribution in [0.3, 0.4) is 0 Å². The van der Waals surface area contributed by atoms with Crippen molar-refractivity contribution in [1.82, 2.24) is 24.7 Å². The highest BCUT2D eigenvalue weighted by molar-refractivity contribution is 6.30. The van der Waals surface area contributed by atoms with E-state index in [1.807, 2.05) is 0 Å². The van der Waals surface area contributed by atoms with Gasteiger partial charge >= 0.3 is 18.2 Å². The molecule has 4 N–H and O–H groups in total. The summed E-state index contributed by atoms with van der Waals surface area (Å²) < 4.78 is 59.7. The Morgan fingerprint density at radius 1 is 0.976 bits per heavy atom. The topological polar surface area (TPSA) is 133 Å². The number of hydrogen-bond donors (Lipinski definition) is 3. The van der Waals surface area contributed by atoms with Crippen LogP contribution in [0.1, 0.15) is 11.3 Å². The number of rotatable bonds is 7. The maximum absolute atomic E-state index is 13.3. The second kappa shape index (κ2) is 11.7. The first kappa shape index (κ1) is 28.3. The van der Waals surface area contributed by atoms with Gasteiger partial charge in [0, 0.05) is 18.0 Å². The zero-order valence-corrected chi connectivity index (χ0v) is 22.0. The number of alkyl halides is 4. The predicted molar refractivity (Wildman–Crippen MR) is 147 cm³/mol. The molecule has 10 nitrogen and oxygen atoms in total. The Morgan fingerprint density at radius 3 is 2.38 bits per heavy atom. The molecule has 0 radical (unpaired) electrons. The molecule has 42 heavy (non-hydrogen) atoms. The fourth-order valence-corrected chi connectivity index (χ4v) is 3.94. The lowest BCUT2D eigenvalue weighted by Gasteiger charge is -2.15. The van der Waals surface area contributed by atoms with E-state index >= 15 is 0 Å². The lowest BCUT2D eigenvalue weighted by molar-refractivity contribution is -0.137. The Labute approximate surface area is 240 Å². The Kier molecular flexibility index (Phi) is 7.88. The number of amides is 2. The molecule has 0 fully saturated rings. The van der Waals surface area contributed by atoms with Crippen molar-refractivity contribution in [3.8, 4) is 28.6 Å². The van der Waals surface area contributed by atoms with Crippen LogP contribution in [0.25, 0.3) is 16.8 Å². The second-order valence-electron chi connectivity index (χ2n) is 8.66. The van der Waals surface area contributed by atoms with Gasteiger partial charge in [-0.25, -0.2) is 28.8 Å². The van der Waals surface area contributed by atoms with Crippen LogP contribution in [0.4, 0.5) is 39.5 Å². The molecule has 5 aromatic rings. The van der Waals surface area contributed by atoms with Gasteiger partial charge in [0.1, 0.15) is 18.2 Å². The Hall–Kier alpha value is -5.24. The van der Waals surface area contributed by atoms with Crippen LogP contribution in [-0.4, -0.2) is 30.8 Å². The molecule has 0 saturated heterocycles. The molecular formula is C27H19ClF4N8O2. The monoisotopic (exact) mass is 598 g/mol. The molecule has 0 bridgehead atoms. The number of benzene rings is 2. The molecule has 0 aliphatic heterocycles. The first-order valence-corrected chi connectivity index (χ1v) is 12.4. The number of aromatic nitrogens is 5. The highest BCUT2D eigenvalue weighted by Gasteiger charge is 2.31. The van der Waals surface area contributed by atoms with E-state index in [4.69, 9.17) is 22.1 Å². The summed E-state index contributed by atoms with van der Waals surface area (Å²) in [6.45, 7) is -0.863. The van der Waals surface area contributed by atoms with Gasteiger partial charge in [-0.1, -0.05) is 23.7 Å². The molecule has 0 saturated carbocycles. The molecule has 2 amide bonds. The molecule has 214 valence electrons. The van der Waals surface area contributed by atoms with E-state index in [1.54, 1.807) is 30.3 Å². The quantitative estimate of drug-likeness (QED) is 0.174. The number of nitrogens with two attached hydrogens (primary N) is 1. The summed E-state index contributed by atoms with van der Waals surface area (Å²) in [5.74, 6) is 0.734. The van der Waals surface area contributed by atoms with Gasteiger partial charge in [0.2, 0.25) is 0 Å². The minimum Gasteiger partial charge on any atom is -0.424 e. The molecule has 3 heterocycles. The van der Waals surface area contributed by atoms with Crippen LogP contribution in [0.2, 0.25) is 5.02 Å². The SMILES string of the molecule is Nc1ncc(Cl)cc1-c1ccc(Oc2ncc(NC(=O)Nc3cc(C(F)(F)F)ccc3-n3ccc(CF)n3)cn2)cc1. The van der Waals surface area contributed by atoms with E-state index in [2.05, 4.69) is 30.7 Å². The standard InChI is InChI=1S/C27H19ClF4N8O2/c28-17-10-21(24(33)34-12-17)15-1-4-20(5-2-15)42-26-35-13-19(14-36-26)37-25(41)38-22-9-16(27(30,31)32)3-6-23(22)40-8-7-18(11-29)39-40/h1-10,12-14H,11H2,(H2,33,34)(H2,37,38,41). The van der Waals surface area contributed by atoms with Crippen molar-refractivity contribution >= 4 is 34.8 Å². The number of anilines is 3. The lowest BCUT2D eigenvalue weighted by Crippen LogP contribution is -2.21. The molecule has 15 heteroatoms. The van der Waals surface area contributed by atoms with Gasteiger partial charge in [0.25, 0.3) is 0 Å². The van der Waals surface area contributed by atoms with Gasteiger partial charge in [0.15, 0.2) is 0 Å². The van der Waals surface area contributed by atoms with E-state index in [-0.39, 0.29) is 28.8 Å². The fraction of sp³-hybridized carbons (Fsp3) is 0.0741. The first-order chi connectivity index (χ1) is 20.1. The lowest BCUT2D eigenvalue weighted by atomic mass is 10.1. The van der Waals surface area contributed by atoms with Crippen molar-refractivity contribution < 1.29 is 27.1 Å². The molecule has 3 aromatic heterocycles. The molecule has 2 aromatic carbocycles. The summed E-state index contributed by atoms with van der Waals surface area (Å²) in [5, 5.41) is 9.20. The summed E-state index contributed by atoms with van der Waals surface area (Å²) in [4.78, 5) is 24.8. The van der Waals surface area contributed by atoms with E-state index in [1.165, 1.54) is 30.9 Å². The van der Waals surface area contributed by atoms with Crippen molar-refractivity contribution in [2.75, 3.05) is 16.4 Å². The molecular weight excluding hydrogens is 580 g/mol. The maximum Gasteiger partial charge on any atom is 0.416 e. The highest BCUT2D eigenvalue weighted by atomic mass is 35.5. The summed E-state index contributed by atoms with van der Waals surface area (Å²) in [6, 6.07) is 11.7. The molecule has 0 aliphatic rings. The molecule has 0 spiro atoms. The molecule has 5 rings (SSSR count). The van der Waals surface area contributed by atoms with Crippen LogP contribution >= 0.6 is 11.6 Å². The number of halogens is 5. The van der Waals surface area contributed by atoms with Crippen molar-refractivity contribution in [3.05, 3.63) is 95.7 Å². The Morgan fingerprint density at radius 2 is 1.71 bits per heavy atom. The summed E-state index contributed by atoms with van der Waals surface area (Å²) in [5.41, 5.74) is 6.44. The first-order valence-electron chi connectivity index (χ1n) is 12.0. The van der Waals surface area contributed by atoms with Crippen molar-refractivity contribution in [3.63, 3.8) is 0 Å². The predicted octanol–water partition coefficient (Wildman–Crippen LogP) is 6.88. The number of nitrogen functional groups attached to an aromatic ring is 1.